The minimum absolute atomic E-state index is 0.00347. The average molecular weight is 503 g/mol. The Bertz CT molecular complexity index is 1130. The molecular formula is C30H34N2O5. The third-order valence-corrected chi connectivity index (χ3v) is 5.71. The lowest BCUT2D eigenvalue weighted by Crippen LogP contribution is -2.41. The first-order valence-electron chi connectivity index (χ1n) is 12.3. The Hall–Kier alpha value is -4.13. The number of alkyl carbamates (subject to hydrolysis) is 1. The van der Waals surface area contributed by atoms with Gasteiger partial charge in [0.25, 0.3) is 5.91 Å². The van der Waals surface area contributed by atoms with Gasteiger partial charge in [0.15, 0.2) is 0 Å². The van der Waals surface area contributed by atoms with Crippen molar-refractivity contribution < 1.29 is 24.2 Å². The summed E-state index contributed by atoms with van der Waals surface area (Å²) in [7, 11) is 0. The molecule has 1 unspecified atom stereocenters. The first-order valence-corrected chi connectivity index (χ1v) is 12.3. The van der Waals surface area contributed by atoms with E-state index in [4.69, 9.17) is 4.74 Å². The molecule has 7 nitrogen and oxygen atoms in total. The van der Waals surface area contributed by atoms with E-state index in [1.807, 2.05) is 48.5 Å². The van der Waals surface area contributed by atoms with Crippen molar-refractivity contribution in [2.24, 2.45) is 0 Å². The number of carboxylic acid groups (broad SMARTS) is 1. The number of amides is 2. The number of hydrogen-bond donors (Lipinski definition) is 3. The van der Waals surface area contributed by atoms with Gasteiger partial charge < -0.3 is 20.5 Å². The van der Waals surface area contributed by atoms with Crippen LogP contribution in [0.5, 0.6) is 0 Å². The third kappa shape index (κ3) is 8.49. The van der Waals surface area contributed by atoms with Gasteiger partial charge in [-0.05, 0) is 62.4 Å². The Balaban J connectivity index is 1.64. The second-order valence-corrected chi connectivity index (χ2v) is 9.81. The maximum absolute atomic E-state index is 12.8. The molecule has 0 fully saturated rings. The largest absolute Gasteiger partial charge is 0.480 e. The summed E-state index contributed by atoms with van der Waals surface area (Å²) in [6, 6.07) is 26.4. The molecule has 0 aromatic heterocycles. The van der Waals surface area contributed by atoms with E-state index in [1.165, 1.54) is 0 Å². The molecule has 194 valence electrons. The molecule has 3 N–H and O–H groups in total. The van der Waals surface area contributed by atoms with Crippen molar-refractivity contribution in [3.8, 4) is 0 Å². The van der Waals surface area contributed by atoms with Crippen LogP contribution in [0.2, 0.25) is 0 Å². The average Bonchev–Trinajstić information content (AvgIpc) is 2.86. The Morgan fingerprint density at radius 2 is 1.32 bits per heavy atom. The van der Waals surface area contributed by atoms with Crippen LogP contribution in [0, 0.1) is 0 Å². The molecule has 0 bridgehead atoms. The lowest BCUT2D eigenvalue weighted by molar-refractivity contribution is -0.139. The minimum Gasteiger partial charge on any atom is -0.480 e. The summed E-state index contributed by atoms with van der Waals surface area (Å²) in [6.45, 7) is 5.53. The Labute approximate surface area is 217 Å². The first kappa shape index (κ1) is 27.5. The molecular weight excluding hydrogens is 468 g/mol. The van der Waals surface area contributed by atoms with Crippen molar-refractivity contribution in [2.45, 2.75) is 51.2 Å². The normalized spacial score (nSPS) is 12.0. The molecule has 0 aliphatic rings. The predicted molar refractivity (Wildman–Crippen MR) is 143 cm³/mol. The summed E-state index contributed by atoms with van der Waals surface area (Å²) in [6.07, 6.45) is -0.0302. The SMILES string of the molecule is CC(C)(C)OC(=O)NCCCC(NC(=O)c1ccc(C(c2ccccc2)c2ccccc2)cc1)C(=O)O. The van der Waals surface area contributed by atoms with Gasteiger partial charge in [-0.3, -0.25) is 4.79 Å². The number of carboxylic acids is 1. The maximum atomic E-state index is 12.8. The maximum Gasteiger partial charge on any atom is 0.407 e. The Morgan fingerprint density at radius 3 is 1.81 bits per heavy atom. The highest BCUT2D eigenvalue weighted by molar-refractivity contribution is 5.96. The van der Waals surface area contributed by atoms with Gasteiger partial charge in [0.1, 0.15) is 11.6 Å². The number of nitrogens with one attached hydrogen (secondary N) is 2. The summed E-state index contributed by atoms with van der Waals surface area (Å²) in [4.78, 5) is 36.3. The number of rotatable bonds is 10. The number of benzene rings is 3. The van der Waals surface area contributed by atoms with Crippen LogP contribution in [0.4, 0.5) is 4.79 Å². The van der Waals surface area contributed by atoms with Crippen LogP contribution in [0.1, 0.15) is 66.6 Å². The molecule has 0 saturated carbocycles. The summed E-state index contributed by atoms with van der Waals surface area (Å²) < 4.78 is 5.16. The van der Waals surface area contributed by atoms with Crippen LogP contribution in [0.3, 0.4) is 0 Å². The fourth-order valence-electron chi connectivity index (χ4n) is 4.01. The zero-order chi connectivity index (χ0) is 26.8. The van der Waals surface area contributed by atoms with Crippen molar-refractivity contribution in [3.63, 3.8) is 0 Å². The van der Waals surface area contributed by atoms with E-state index in [1.54, 1.807) is 32.9 Å². The molecule has 0 saturated heterocycles. The molecule has 0 spiro atoms. The molecule has 0 aliphatic heterocycles. The van der Waals surface area contributed by atoms with E-state index < -0.39 is 29.6 Å². The van der Waals surface area contributed by atoms with Gasteiger partial charge in [-0.1, -0.05) is 72.8 Å². The van der Waals surface area contributed by atoms with Gasteiger partial charge >= 0.3 is 12.1 Å². The van der Waals surface area contributed by atoms with E-state index >= 15 is 0 Å². The fourth-order valence-corrected chi connectivity index (χ4v) is 4.01. The summed E-state index contributed by atoms with van der Waals surface area (Å²) in [5.41, 5.74) is 3.06. The van der Waals surface area contributed by atoms with Crippen molar-refractivity contribution in [3.05, 3.63) is 107 Å². The van der Waals surface area contributed by atoms with Gasteiger partial charge in [-0.25, -0.2) is 9.59 Å². The number of aliphatic carboxylic acids is 1. The molecule has 3 rings (SSSR count). The highest BCUT2D eigenvalue weighted by Gasteiger charge is 2.22. The zero-order valence-electron chi connectivity index (χ0n) is 21.4. The van der Waals surface area contributed by atoms with E-state index in [0.29, 0.717) is 12.0 Å². The molecule has 3 aromatic carbocycles. The van der Waals surface area contributed by atoms with Crippen molar-refractivity contribution in [1.29, 1.82) is 0 Å². The van der Waals surface area contributed by atoms with E-state index in [2.05, 4.69) is 34.9 Å². The lowest BCUT2D eigenvalue weighted by atomic mass is 9.85. The van der Waals surface area contributed by atoms with Gasteiger partial charge in [-0.2, -0.15) is 0 Å². The lowest BCUT2D eigenvalue weighted by Gasteiger charge is -2.20. The minimum atomic E-state index is -1.13. The third-order valence-electron chi connectivity index (χ3n) is 5.71. The first-order chi connectivity index (χ1) is 17.6. The smallest absolute Gasteiger partial charge is 0.407 e. The summed E-state index contributed by atoms with van der Waals surface area (Å²) >= 11 is 0. The molecule has 3 aromatic rings. The Kier molecular flexibility index (Phi) is 9.44. The topological polar surface area (TPSA) is 105 Å². The van der Waals surface area contributed by atoms with Crippen molar-refractivity contribution in [1.82, 2.24) is 10.6 Å². The molecule has 0 heterocycles. The predicted octanol–water partition coefficient (Wildman–Crippen LogP) is 5.35. The summed E-state index contributed by atoms with van der Waals surface area (Å²) in [5, 5.41) is 14.8. The highest BCUT2D eigenvalue weighted by Crippen LogP contribution is 2.31. The summed E-state index contributed by atoms with van der Waals surface area (Å²) in [5.74, 6) is -1.59. The fraction of sp³-hybridized carbons (Fsp3) is 0.300. The van der Waals surface area contributed by atoms with Gasteiger partial charge in [-0.15, -0.1) is 0 Å². The molecule has 0 radical (unpaired) electrons. The van der Waals surface area contributed by atoms with Crippen molar-refractivity contribution >= 4 is 18.0 Å². The highest BCUT2D eigenvalue weighted by atomic mass is 16.6. The monoisotopic (exact) mass is 502 g/mol. The molecule has 37 heavy (non-hydrogen) atoms. The second kappa shape index (κ2) is 12.7. The number of ether oxygens (including phenoxy) is 1. The second-order valence-electron chi connectivity index (χ2n) is 9.81. The molecule has 2 amide bonds. The quantitative estimate of drug-likeness (QED) is 0.256. The van der Waals surface area contributed by atoms with Crippen LogP contribution in [0.25, 0.3) is 0 Å². The van der Waals surface area contributed by atoms with Crippen LogP contribution >= 0.6 is 0 Å². The van der Waals surface area contributed by atoms with E-state index in [0.717, 1.165) is 16.7 Å². The molecule has 0 aliphatic carbocycles. The van der Waals surface area contributed by atoms with Crippen LogP contribution in [-0.2, 0) is 9.53 Å². The Morgan fingerprint density at radius 1 is 0.811 bits per heavy atom. The van der Waals surface area contributed by atoms with E-state index in [-0.39, 0.29) is 18.9 Å². The number of hydrogen-bond acceptors (Lipinski definition) is 4. The zero-order valence-corrected chi connectivity index (χ0v) is 21.4. The van der Waals surface area contributed by atoms with Gasteiger partial charge in [0, 0.05) is 18.0 Å². The molecule has 7 heteroatoms. The van der Waals surface area contributed by atoms with Gasteiger partial charge in [0.05, 0.1) is 0 Å². The van der Waals surface area contributed by atoms with Crippen molar-refractivity contribution in [2.75, 3.05) is 6.54 Å². The standard InChI is InChI=1S/C30H34N2O5/c1-30(2,3)37-29(36)31-20-10-15-25(28(34)35)32-27(33)24-18-16-23(17-19-24)26(21-11-6-4-7-12-21)22-13-8-5-9-14-22/h4-9,11-14,16-19,25-26H,10,15,20H2,1-3H3,(H,31,36)(H,32,33)(H,34,35). The number of carbonyl (C=O) groups is 3. The molecule has 1 atom stereocenters. The van der Waals surface area contributed by atoms with Gasteiger partial charge in [0.2, 0.25) is 0 Å². The number of carbonyl (C=O) groups excluding carboxylic acids is 2. The van der Waals surface area contributed by atoms with Crippen LogP contribution in [0.15, 0.2) is 84.9 Å². The van der Waals surface area contributed by atoms with Crippen LogP contribution < -0.4 is 10.6 Å². The van der Waals surface area contributed by atoms with Crippen LogP contribution in [-0.4, -0.2) is 41.3 Å². The van der Waals surface area contributed by atoms with E-state index in [9.17, 15) is 19.5 Å².